The molecule has 312 valence electrons. The molecule has 3 aliphatic heterocycles. The Balaban J connectivity index is 1.02. The molecule has 5 heterocycles. The molecule has 8 rings (SSSR count). The first-order valence-electron chi connectivity index (χ1n) is 20.8. The van der Waals surface area contributed by atoms with Gasteiger partial charge in [0.25, 0.3) is 0 Å². The fraction of sp³-hybridized carbons (Fsp3) is 0.500. The van der Waals surface area contributed by atoms with Gasteiger partial charge in [-0.2, -0.15) is 0 Å². The number of likely N-dealkylation sites (tertiary alicyclic amines) is 2. The molecule has 2 aromatic heterocycles. The zero-order chi connectivity index (χ0) is 41.6. The van der Waals surface area contributed by atoms with Crippen molar-refractivity contribution in [1.82, 2.24) is 40.4 Å². The minimum Gasteiger partial charge on any atom is -0.482 e. The minimum atomic E-state index is -0.701. The fourth-order valence-electron chi connectivity index (χ4n) is 9.07. The minimum absolute atomic E-state index is 0.115. The van der Waals surface area contributed by atoms with Crippen molar-refractivity contribution in [1.29, 1.82) is 0 Å². The number of H-pyrrole nitrogens is 2. The summed E-state index contributed by atoms with van der Waals surface area (Å²) in [7, 11) is 2.59. The summed E-state index contributed by atoms with van der Waals surface area (Å²) in [4.78, 5) is 71.9. The molecule has 1 aliphatic carbocycles. The van der Waals surface area contributed by atoms with E-state index in [1.165, 1.54) is 14.2 Å². The number of rotatable bonds is 10. The van der Waals surface area contributed by atoms with Gasteiger partial charge in [-0.25, -0.2) is 19.6 Å². The zero-order valence-corrected chi connectivity index (χ0v) is 34.6. The number of ether oxygens (including phenoxy) is 3. The summed E-state index contributed by atoms with van der Waals surface area (Å²) < 4.78 is 16.5. The Kier molecular flexibility index (Phi) is 10.9. The first-order chi connectivity index (χ1) is 28.4. The summed E-state index contributed by atoms with van der Waals surface area (Å²) in [5.74, 6) is 1.74. The second kappa shape index (κ2) is 16.1. The number of aromatic amines is 2. The zero-order valence-electron chi connectivity index (χ0n) is 34.6. The standard InChI is InChI=1S/C44H54N8O7/c1-24(2)36(49-42(55)57-5)40(53)51-18-7-10-33(51)38-45-23-32(48-38)27-12-13-28-20-29(44(16-9-17-44)59-35(28)22-27)26-14-15-30-31(21-26)47-39(46-30)34-11-8-19-52(34)41(54)37(25(3)4)50-43(56)58-6/h12-15,20-25,33-34,36-37H,7-11,16-19H2,1-6H3,(H,45,48)(H,46,47)(H,49,55)(H,50,56)/t33-,34-,36-,37-/m0/s1. The third kappa shape index (κ3) is 7.51. The first kappa shape index (κ1) is 39.9. The first-order valence-corrected chi connectivity index (χ1v) is 20.8. The van der Waals surface area contributed by atoms with E-state index in [9.17, 15) is 19.2 Å². The van der Waals surface area contributed by atoms with Gasteiger partial charge in [-0.05, 0) is 86.6 Å². The van der Waals surface area contributed by atoms with Crippen LogP contribution >= 0.6 is 0 Å². The molecule has 4 aromatic rings. The van der Waals surface area contributed by atoms with Crippen molar-refractivity contribution >= 4 is 46.7 Å². The van der Waals surface area contributed by atoms with Gasteiger partial charge in [-0.15, -0.1) is 0 Å². The summed E-state index contributed by atoms with van der Waals surface area (Å²) >= 11 is 0. The number of fused-ring (bicyclic) bond motifs is 2. The average molecular weight is 807 g/mol. The van der Waals surface area contributed by atoms with Crippen molar-refractivity contribution < 1.29 is 33.4 Å². The molecule has 1 saturated carbocycles. The molecule has 0 unspecified atom stereocenters. The maximum absolute atomic E-state index is 13.7. The Labute approximate surface area is 343 Å². The Hall–Kier alpha value is -5.86. The lowest BCUT2D eigenvalue weighted by Gasteiger charge is -2.46. The summed E-state index contributed by atoms with van der Waals surface area (Å²) in [6.45, 7) is 8.79. The highest BCUT2D eigenvalue weighted by Crippen LogP contribution is 2.52. The van der Waals surface area contributed by atoms with Crippen LogP contribution in [-0.4, -0.2) is 98.7 Å². The third-order valence-electron chi connectivity index (χ3n) is 12.5. The lowest BCUT2D eigenvalue weighted by Crippen LogP contribution is -2.51. The van der Waals surface area contributed by atoms with E-state index in [4.69, 9.17) is 24.2 Å². The van der Waals surface area contributed by atoms with Gasteiger partial charge in [0, 0.05) is 29.8 Å². The van der Waals surface area contributed by atoms with Crippen molar-refractivity contribution in [3.8, 4) is 17.0 Å². The van der Waals surface area contributed by atoms with E-state index in [-0.39, 0.29) is 35.7 Å². The van der Waals surface area contributed by atoms with Crippen LogP contribution < -0.4 is 15.4 Å². The smallest absolute Gasteiger partial charge is 0.407 e. The number of hydrogen-bond donors (Lipinski definition) is 4. The molecule has 4 N–H and O–H groups in total. The maximum atomic E-state index is 13.7. The molecule has 2 saturated heterocycles. The number of benzene rings is 2. The van der Waals surface area contributed by atoms with Gasteiger partial charge in [0.15, 0.2) is 0 Å². The van der Waals surface area contributed by atoms with Gasteiger partial charge in [-0.3, -0.25) is 9.59 Å². The van der Waals surface area contributed by atoms with Crippen molar-refractivity contribution in [3.63, 3.8) is 0 Å². The molecule has 3 fully saturated rings. The second-order valence-corrected chi connectivity index (χ2v) is 16.9. The second-order valence-electron chi connectivity index (χ2n) is 16.9. The van der Waals surface area contributed by atoms with Gasteiger partial charge >= 0.3 is 12.2 Å². The van der Waals surface area contributed by atoms with Crippen LogP contribution in [0.15, 0.2) is 42.6 Å². The van der Waals surface area contributed by atoms with Crippen LogP contribution in [0.3, 0.4) is 0 Å². The number of carbonyl (C=O) groups is 4. The van der Waals surface area contributed by atoms with E-state index < -0.39 is 29.9 Å². The van der Waals surface area contributed by atoms with Crippen LogP contribution in [0.1, 0.15) is 108 Å². The number of nitrogens with zero attached hydrogens (tertiary/aromatic N) is 4. The van der Waals surface area contributed by atoms with Crippen LogP contribution in [0.4, 0.5) is 9.59 Å². The molecule has 59 heavy (non-hydrogen) atoms. The topological polar surface area (TPSA) is 184 Å². The van der Waals surface area contributed by atoms with Crippen LogP contribution in [0.5, 0.6) is 5.75 Å². The van der Waals surface area contributed by atoms with Gasteiger partial charge in [-0.1, -0.05) is 45.9 Å². The molecular formula is C44H54N8O7. The average Bonchev–Trinajstić information content (AvgIpc) is 4.05. The van der Waals surface area contributed by atoms with Crippen molar-refractivity contribution in [2.75, 3.05) is 27.3 Å². The van der Waals surface area contributed by atoms with E-state index in [1.807, 2.05) is 49.8 Å². The van der Waals surface area contributed by atoms with E-state index in [0.29, 0.717) is 18.9 Å². The van der Waals surface area contributed by atoms with Gasteiger partial charge < -0.3 is 44.6 Å². The molecule has 0 radical (unpaired) electrons. The molecule has 4 amide bonds. The highest BCUT2D eigenvalue weighted by Gasteiger charge is 2.46. The number of nitrogens with one attached hydrogen (secondary N) is 4. The molecule has 15 nitrogen and oxygen atoms in total. The molecule has 1 spiro atoms. The SMILES string of the molecule is COC(=O)N[C@H](C(=O)N1CCC[C@H]1c1ncc(-c2ccc3c(c2)OC2(CCC2)C(c2ccc4nc([C@@H]5CCCN5C(=O)[C@@H](NC(=O)OC)C(C)C)[nH]c4c2)=C3)[nH]1)C(C)C. The molecule has 4 atom stereocenters. The number of amides is 4. The third-order valence-corrected chi connectivity index (χ3v) is 12.5. The fourth-order valence-corrected chi connectivity index (χ4v) is 9.07. The molecule has 0 bridgehead atoms. The van der Waals surface area contributed by atoms with Crippen LogP contribution in [0.2, 0.25) is 0 Å². The normalized spacial score (nSPS) is 20.5. The largest absolute Gasteiger partial charge is 0.482 e. The van der Waals surface area contributed by atoms with Crippen molar-refractivity contribution in [3.05, 3.63) is 65.4 Å². The lowest BCUT2D eigenvalue weighted by atomic mass is 9.70. The lowest BCUT2D eigenvalue weighted by molar-refractivity contribution is -0.136. The predicted molar refractivity (Wildman–Crippen MR) is 221 cm³/mol. The number of methoxy groups -OCH3 is 2. The summed E-state index contributed by atoms with van der Waals surface area (Å²) in [5.41, 5.74) is 6.19. The number of hydrogen-bond acceptors (Lipinski definition) is 9. The van der Waals surface area contributed by atoms with Crippen LogP contribution in [-0.2, 0) is 19.1 Å². The van der Waals surface area contributed by atoms with Crippen molar-refractivity contribution in [2.24, 2.45) is 11.8 Å². The van der Waals surface area contributed by atoms with Crippen LogP contribution in [0, 0.1) is 11.8 Å². The number of carbonyl (C=O) groups excluding carboxylic acids is 4. The quantitative estimate of drug-likeness (QED) is 0.132. The number of alkyl carbamates (subject to hydrolysis) is 2. The van der Waals surface area contributed by atoms with E-state index in [1.54, 1.807) is 0 Å². The summed E-state index contributed by atoms with van der Waals surface area (Å²) in [5, 5.41) is 5.43. The van der Waals surface area contributed by atoms with E-state index >= 15 is 0 Å². The Morgan fingerprint density at radius 1 is 0.797 bits per heavy atom. The van der Waals surface area contributed by atoms with Crippen LogP contribution in [0.25, 0.3) is 33.9 Å². The molecule has 15 heteroatoms. The predicted octanol–water partition coefficient (Wildman–Crippen LogP) is 6.90. The van der Waals surface area contributed by atoms with Crippen molar-refractivity contribution in [2.45, 2.75) is 102 Å². The highest BCUT2D eigenvalue weighted by atomic mass is 16.5. The molecule has 2 aromatic carbocycles. The molecular weight excluding hydrogens is 753 g/mol. The van der Waals surface area contributed by atoms with E-state index in [2.05, 4.69) is 57.0 Å². The van der Waals surface area contributed by atoms with Gasteiger partial charge in [0.2, 0.25) is 11.8 Å². The van der Waals surface area contributed by atoms with E-state index in [0.717, 1.165) is 95.5 Å². The number of aromatic nitrogens is 4. The Morgan fingerprint density at radius 2 is 1.41 bits per heavy atom. The maximum Gasteiger partial charge on any atom is 0.407 e. The summed E-state index contributed by atoms with van der Waals surface area (Å²) in [6, 6.07) is 10.6. The monoisotopic (exact) mass is 806 g/mol. The van der Waals surface area contributed by atoms with Gasteiger partial charge in [0.1, 0.15) is 35.1 Å². The molecule has 4 aliphatic rings. The van der Waals surface area contributed by atoms with Gasteiger partial charge in [0.05, 0.1) is 49.2 Å². The highest BCUT2D eigenvalue weighted by molar-refractivity contribution is 5.94. The number of imidazole rings is 2. The summed E-state index contributed by atoms with van der Waals surface area (Å²) in [6.07, 6.45) is 8.87. The Bertz CT molecular complexity index is 2290. The Morgan fingerprint density at radius 3 is 1.98 bits per heavy atom.